The number of amides is 2. The SMILES string of the molecule is CC(CCCC(=O)O)NC(=O)N1CC(C)OC(C)C1. The first-order valence-corrected chi connectivity index (χ1v) is 6.81. The molecule has 0 spiro atoms. The van der Waals surface area contributed by atoms with Crippen LogP contribution in [0.2, 0.25) is 0 Å². The van der Waals surface area contributed by atoms with Gasteiger partial charge in [0.05, 0.1) is 12.2 Å². The molecule has 6 heteroatoms. The van der Waals surface area contributed by atoms with Gasteiger partial charge in [0, 0.05) is 25.6 Å². The van der Waals surface area contributed by atoms with Crippen molar-refractivity contribution in [2.75, 3.05) is 13.1 Å². The van der Waals surface area contributed by atoms with Gasteiger partial charge in [-0.05, 0) is 33.6 Å². The monoisotopic (exact) mass is 272 g/mol. The van der Waals surface area contributed by atoms with Gasteiger partial charge in [0.15, 0.2) is 0 Å². The van der Waals surface area contributed by atoms with Gasteiger partial charge in [-0.3, -0.25) is 4.79 Å². The van der Waals surface area contributed by atoms with E-state index in [4.69, 9.17) is 9.84 Å². The Morgan fingerprint density at radius 2 is 1.95 bits per heavy atom. The van der Waals surface area contributed by atoms with Gasteiger partial charge >= 0.3 is 12.0 Å². The molecule has 1 rings (SSSR count). The van der Waals surface area contributed by atoms with E-state index >= 15 is 0 Å². The Kier molecular flexibility index (Phi) is 6.08. The summed E-state index contributed by atoms with van der Waals surface area (Å²) in [5.74, 6) is -0.797. The Balaban J connectivity index is 2.31. The zero-order chi connectivity index (χ0) is 14.4. The minimum atomic E-state index is -0.797. The van der Waals surface area contributed by atoms with Gasteiger partial charge in [-0.25, -0.2) is 4.79 Å². The lowest BCUT2D eigenvalue weighted by Crippen LogP contribution is -2.53. The average molecular weight is 272 g/mol. The van der Waals surface area contributed by atoms with Crippen molar-refractivity contribution in [2.24, 2.45) is 0 Å². The third-order valence-electron chi connectivity index (χ3n) is 3.10. The predicted molar refractivity (Wildman–Crippen MR) is 71.1 cm³/mol. The van der Waals surface area contributed by atoms with E-state index in [0.717, 1.165) is 0 Å². The standard InChI is InChI=1S/C13H24N2O4/c1-9(5-4-6-12(16)17)14-13(18)15-7-10(2)19-11(3)8-15/h9-11H,4-8H2,1-3H3,(H,14,18)(H,16,17). The number of carboxylic acid groups (broad SMARTS) is 1. The molecule has 3 atom stereocenters. The number of hydrogen-bond donors (Lipinski definition) is 2. The lowest BCUT2D eigenvalue weighted by atomic mass is 10.1. The number of morpholine rings is 1. The number of nitrogens with zero attached hydrogens (tertiary/aromatic N) is 1. The van der Waals surface area contributed by atoms with E-state index in [-0.39, 0.29) is 30.7 Å². The number of carbonyl (C=O) groups is 2. The highest BCUT2D eigenvalue weighted by molar-refractivity contribution is 5.74. The van der Waals surface area contributed by atoms with E-state index in [0.29, 0.717) is 25.9 Å². The van der Waals surface area contributed by atoms with Crippen LogP contribution < -0.4 is 5.32 Å². The fourth-order valence-electron chi connectivity index (χ4n) is 2.28. The maximum Gasteiger partial charge on any atom is 0.317 e. The summed E-state index contributed by atoms with van der Waals surface area (Å²) < 4.78 is 5.58. The van der Waals surface area contributed by atoms with E-state index in [9.17, 15) is 9.59 Å². The third-order valence-corrected chi connectivity index (χ3v) is 3.10. The summed E-state index contributed by atoms with van der Waals surface area (Å²) in [6.07, 6.45) is 1.50. The van der Waals surface area contributed by atoms with E-state index in [1.54, 1.807) is 4.90 Å². The molecule has 110 valence electrons. The maximum atomic E-state index is 12.0. The fraction of sp³-hybridized carbons (Fsp3) is 0.846. The summed E-state index contributed by atoms with van der Waals surface area (Å²) in [6.45, 7) is 6.99. The maximum absolute atomic E-state index is 12.0. The van der Waals surface area contributed by atoms with Gasteiger partial charge < -0.3 is 20.1 Å². The summed E-state index contributed by atoms with van der Waals surface area (Å²) >= 11 is 0. The summed E-state index contributed by atoms with van der Waals surface area (Å²) in [5, 5.41) is 11.5. The third kappa shape index (κ3) is 5.92. The van der Waals surface area contributed by atoms with Crippen molar-refractivity contribution in [2.45, 2.75) is 58.3 Å². The van der Waals surface area contributed by atoms with Crippen molar-refractivity contribution in [3.05, 3.63) is 0 Å². The molecule has 1 aliphatic heterocycles. The summed E-state index contributed by atoms with van der Waals surface area (Å²) in [7, 11) is 0. The quantitative estimate of drug-likeness (QED) is 0.794. The molecule has 0 saturated carbocycles. The number of aliphatic carboxylic acids is 1. The van der Waals surface area contributed by atoms with Crippen LogP contribution in [0.4, 0.5) is 4.79 Å². The normalized spacial score (nSPS) is 24.9. The zero-order valence-electron chi connectivity index (χ0n) is 11.9. The first-order valence-electron chi connectivity index (χ1n) is 6.81. The van der Waals surface area contributed by atoms with Crippen molar-refractivity contribution >= 4 is 12.0 Å². The largest absolute Gasteiger partial charge is 0.481 e. The lowest BCUT2D eigenvalue weighted by Gasteiger charge is -2.35. The van der Waals surface area contributed by atoms with Crippen LogP contribution in [-0.2, 0) is 9.53 Å². The number of nitrogens with one attached hydrogen (secondary N) is 1. The Labute approximate surface area is 114 Å². The van der Waals surface area contributed by atoms with Crippen LogP contribution in [-0.4, -0.2) is 53.3 Å². The van der Waals surface area contributed by atoms with Crippen molar-refractivity contribution in [1.29, 1.82) is 0 Å². The van der Waals surface area contributed by atoms with Crippen LogP contribution in [0.15, 0.2) is 0 Å². The van der Waals surface area contributed by atoms with E-state index in [1.165, 1.54) is 0 Å². The number of rotatable bonds is 5. The molecule has 0 aliphatic carbocycles. The molecule has 3 unspecified atom stereocenters. The zero-order valence-corrected chi connectivity index (χ0v) is 11.9. The number of carbonyl (C=O) groups excluding carboxylic acids is 1. The molecule has 1 saturated heterocycles. The summed E-state index contributed by atoms with van der Waals surface area (Å²) in [6, 6.07) is -0.106. The van der Waals surface area contributed by atoms with Crippen LogP contribution >= 0.6 is 0 Å². The molecule has 2 amide bonds. The van der Waals surface area contributed by atoms with Gasteiger partial charge in [-0.15, -0.1) is 0 Å². The Morgan fingerprint density at radius 3 is 2.47 bits per heavy atom. The van der Waals surface area contributed by atoms with Crippen molar-refractivity contribution in [3.8, 4) is 0 Å². The molecule has 0 radical (unpaired) electrons. The van der Waals surface area contributed by atoms with Gasteiger partial charge in [0.1, 0.15) is 0 Å². The summed E-state index contributed by atoms with van der Waals surface area (Å²) in [5.41, 5.74) is 0. The molecule has 2 N–H and O–H groups in total. The van der Waals surface area contributed by atoms with E-state index in [2.05, 4.69) is 5.32 Å². The van der Waals surface area contributed by atoms with Crippen molar-refractivity contribution in [3.63, 3.8) is 0 Å². The second-order valence-electron chi connectivity index (χ2n) is 5.30. The molecule has 19 heavy (non-hydrogen) atoms. The minimum Gasteiger partial charge on any atom is -0.481 e. The first-order chi connectivity index (χ1) is 8.88. The molecular weight excluding hydrogens is 248 g/mol. The molecular formula is C13H24N2O4. The molecule has 1 fully saturated rings. The molecule has 1 aliphatic rings. The van der Waals surface area contributed by atoms with E-state index in [1.807, 2.05) is 20.8 Å². The second kappa shape index (κ2) is 7.33. The fourth-order valence-corrected chi connectivity index (χ4v) is 2.28. The van der Waals surface area contributed by atoms with Gasteiger partial charge in [-0.2, -0.15) is 0 Å². The second-order valence-corrected chi connectivity index (χ2v) is 5.30. The Bertz CT molecular complexity index is 312. The number of hydrogen-bond acceptors (Lipinski definition) is 3. The highest BCUT2D eigenvalue weighted by atomic mass is 16.5. The molecule has 6 nitrogen and oxygen atoms in total. The Morgan fingerprint density at radius 1 is 1.37 bits per heavy atom. The summed E-state index contributed by atoms with van der Waals surface area (Å²) in [4.78, 5) is 24.2. The molecule has 0 bridgehead atoms. The topological polar surface area (TPSA) is 78.9 Å². The smallest absolute Gasteiger partial charge is 0.317 e. The molecule has 0 aromatic carbocycles. The van der Waals surface area contributed by atoms with Crippen LogP contribution in [0, 0.1) is 0 Å². The van der Waals surface area contributed by atoms with Crippen LogP contribution in [0.1, 0.15) is 40.0 Å². The van der Waals surface area contributed by atoms with Crippen molar-refractivity contribution < 1.29 is 19.4 Å². The molecule has 1 heterocycles. The lowest BCUT2D eigenvalue weighted by molar-refractivity contribution is -0.137. The van der Waals surface area contributed by atoms with Crippen LogP contribution in [0.5, 0.6) is 0 Å². The van der Waals surface area contributed by atoms with Gasteiger partial charge in [0.25, 0.3) is 0 Å². The van der Waals surface area contributed by atoms with Crippen LogP contribution in [0.3, 0.4) is 0 Å². The minimum absolute atomic E-state index is 0.0136. The first kappa shape index (κ1) is 15.8. The van der Waals surface area contributed by atoms with Crippen LogP contribution in [0.25, 0.3) is 0 Å². The number of urea groups is 1. The number of ether oxygens (including phenoxy) is 1. The Hall–Kier alpha value is -1.30. The predicted octanol–water partition coefficient (Wildman–Crippen LogP) is 1.45. The number of carboxylic acids is 1. The molecule has 0 aromatic rings. The van der Waals surface area contributed by atoms with Gasteiger partial charge in [0.2, 0.25) is 0 Å². The van der Waals surface area contributed by atoms with E-state index < -0.39 is 5.97 Å². The highest BCUT2D eigenvalue weighted by Gasteiger charge is 2.26. The average Bonchev–Trinajstić information content (AvgIpc) is 2.26. The van der Waals surface area contributed by atoms with Crippen molar-refractivity contribution in [1.82, 2.24) is 10.2 Å². The molecule has 0 aromatic heterocycles. The highest BCUT2D eigenvalue weighted by Crippen LogP contribution is 2.11. The van der Waals surface area contributed by atoms with Gasteiger partial charge in [-0.1, -0.05) is 0 Å².